The molecule has 0 aromatic heterocycles. The molecule has 0 radical (unpaired) electrons. The largest absolute Gasteiger partial charge is 0.490 e. The van der Waals surface area contributed by atoms with E-state index in [2.05, 4.69) is 10.9 Å². The van der Waals surface area contributed by atoms with Gasteiger partial charge < -0.3 is 9.47 Å². The van der Waals surface area contributed by atoms with Gasteiger partial charge in [0, 0.05) is 11.5 Å². The number of carbonyl (C=O) groups excluding carboxylic acids is 2. The third-order valence-corrected chi connectivity index (χ3v) is 4.58. The molecule has 1 aromatic rings. The van der Waals surface area contributed by atoms with E-state index >= 15 is 0 Å². The van der Waals surface area contributed by atoms with Crippen molar-refractivity contribution in [3.8, 4) is 11.5 Å². The van der Waals surface area contributed by atoms with Gasteiger partial charge in [-0.3, -0.25) is 20.4 Å². The second kappa shape index (κ2) is 10.3. The second-order valence-corrected chi connectivity index (χ2v) is 6.75. The number of nitrogens with one attached hydrogen (secondary N) is 2. The lowest BCUT2D eigenvalue weighted by Gasteiger charge is -2.21. The molecule has 0 heterocycles. The van der Waals surface area contributed by atoms with Gasteiger partial charge in [0.25, 0.3) is 5.91 Å². The number of hydrogen-bond acceptors (Lipinski definition) is 4. The van der Waals surface area contributed by atoms with Gasteiger partial charge in [0.2, 0.25) is 5.91 Å². The molecule has 2 rings (SSSR count). The lowest BCUT2D eigenvalue weighted by atomic mass is 9.89. The minimum atomic E-state index is -0.445. The summed E-state index contributed by atoms with van der Waals surface area (Å²) in [5.41, 5.74) is 5.28. The fourth-order valence-electron chi connectivity index (χ4n) is 2.96. The van der Waals surface area contributed by atoms with E-state index < -0.39 is 5.91 Å². The molecule has 0 aliphatic heterocycles. The maximum absolute atomic E-state index is 12.4. The predicted molar refractivity (Wildman–Crippen MR) is 101 cm³/mol. The van der Waals surface area contributed by atoms with Crippen molar-refractivity contribution in [2.75, 3.05) is 13.2 Å². The van der Waals surface area contributed by atoms with Crippen molar-refractivity contribution < 1.29 is 19.1 Å². The Hall–Kier alpha value is -1.95. The van der Waals surface area contributed by atoms with Crippen molar-refractivity contribution in [3.63, 3.8) is 0 Å². The summed E-state index contributed by atoms with van der Waals surface area (Å²) in [6.45, 7) is 4.75. The highest BCUT2D eigenvalue weighted by Gasteiger charge is 2.22. The first-order chi connectivity index (χ1) is 12.6. The van der Waals surface area contributed by atoms with Gasteiger partial charge >= 0.3 is 0 Å². The minimum absolute atomic E-state index is 0.0311. The van der Waals surface area contributed by atoms with Gasteiger partial charge in [-0.1, -0.05) is 37.8 Å². The van der Waals surface area contributed by atoms with Crippen LogP contribution in [-0.4, -0.2) is 25.0 Å². The lowest BCUT2D eigenvalue weighted by molar-refractivity contribution is -0.126. The van der Waals surface area contributed by atoms with Gasteiger partial charge in [-0.05, 0) is 38.3 Å². The van der Waals surface area contributed by atoms with Crippen LogP contribution in [0.1, 0.15) is 62.7 Å². The molecule has 2 N–H and O–H groups in total. The molecule has 6 nitrogen and oxygen atoms in total. The average molecular weight is 383 g/mol. The highest BCUT2D eigenvalue weighted by atomic mass is 35.5. The van der Waals surface area contributed by atoms with E-state index in [0.717, 1.165) is 32.1 Å². The van der Waals surface area contributed by atoms with Crippen LogP contribution in [0.4, 0.5) is 0 Å². The van der Waals surface area contributed by atoms with Crippen molar-refractivity contribution in [2.45, 2.75) is 52.4 Å². The molecular formula is C19H27ClN2O4. The summed E-state index contributed by atoms with van der Waals surface area (Å²) in [5.74, 6) is 0.225. The normalized spacial score (nSPS) is 14.6. The van der Waals surface area contributed by atoms with Crippen molar-refractivity contribution in [2.24, 2.45) is 5.92 Å². The summed E-state index contributed by atoms with van der Waals surface area (Å²) < 4.78 is 11.2. The Morgan fingerprint density at radius 3 is 2.50 bits per heavy atom. The number of benzene rings is 1. The van der Waals surface area contributed by atoms with E-state index in [4.69, 9.17) is 21.1 Å². The molecule has 1 fully saturated rings. The molecular weight excluding hydrogens is 356 g/mol. The van der Waals surface area contributed by atoms with Crippen LogP contribution >= 0.6 is 11.6 Å². The topological polar surface area (TPSA) is 76.7 Å². The number of ether oxygens (including phenoxy) is 2. The first-order valence-corrected chi connectivity index (χ1v) is 9.63. The van der Waals surface area contributed by atoms with E-state index in [1.165, 1.54) is 12.5 Å². The maximum Gasteiger partial charge on any atom is 0.269 e. The summed E-state index contributed by atoms with van der Waals surface area (Å²) in [6.07, 6.45) is 5.84. The Bertz CT molecular complexity index is 630. The fourth-order valence-corrected chi connectivity index (χ4v) is 3.23. The lowest BCUT2D eigenvalue weighted by Crippen LogP contribution is -2.45. The first-order valence-electron chi connectivity index (χ1n) is 9.26. The van der Waals surface area contributed by atoms with Crippen LogP contribution in [0.25, 0.3) is 0 Å². The van der Waals surface area contributed by atoms with Crippen molar-refractivity contribution in [1.82, 2.24) is 10.9 Å². The van der Waals surface area contributed by atoms with E-state index in [0.29, 0.717) is 35.3 Å². The van der Waals surface area contributed by atoms with E-state index in [1.807, 2.05) is 13.8 Å². The molecule has 1 aromatic carbocycles. The van der Waals surface area contributed by atoms with Crippen LogP contribution in [0.3, 0.4) is 0 Å². The van der Waals surface area contributed by atoms with E-state index in [1.54, 1.807) is 6.07 Å². The van der Waals surface area contributed by atoms with Gasteiger partial charge in [0.1, 0.15) is 0 Å². The molecule has 0 saturated heterocycles. The van der Waals surface area contributed by atoms with Gasteiger partial charge in [-0.2, -0.15) is 0 Å². The molecule has 1 aliphatic rings. The summed E-state index contributed by atoms with van der Waals surface area (Å²) in [7, 11) is 0. The Labute approximate surface area is 159 Å². The molecule has 1 saturated carbocycles. The van der Waals surface area contributed by atoms with Crippen LogP contribution in [-0.2, 0) is 4.79 Å². The Morgan fingerprint density at radius 1 is 1.12 bits per heavy atom. The molecule has 7 heteroatoms. The molecule has 0 spiro atoms. The summed E-state index contributed by atoms with van der Waals surface area (Å²) >= 11 is 6.26. The highest BCUT2D eigenvalue weighted by Crippen LogP contribution is 2.36. The number of hydrogen-bond donors (Lipinski definition) is 2. The Balaban J connectivity index is 2.04. The van der Waals surface area contributed by atoms with Gasteiger partial charge in [0.15, 0.2) is 11.5 Å². The van der Waals surface area contributed by atoms with Crippen LogP contribution < -0.4 is 20.3 Å². The number of rotatable bonds is 7. The minimum Gasteiger partial charge on any atom is -0.490 e. The smallest absolute Gasteiger partial charge is 0.269 e. The highest BCUT2D eigenvalue weighted by molar-refractivity contribution is 6.32. The Morgan fingerprint density at radius 2 is 1.85 bits per heavy atom. The summed E-state index contributed by atoms with van der Waals surface area (Å²) in [6, 6.07) is 3.08. The number of halogens is 1. The second-order valence-electron chi connectivity index (χ2n) is 6.35. The van der Waals surface area contributed by atoms with Crippen LogP contribution in [0.5, 0.6) is 11.5 Å². The SMILES string of the molecule is CCCOc1c(Cl)cc(C(=O)NNC(=O)C2CCCCC2)cc1OCC. The van der Waals surface area contributed by atoms with Crippen LogP contribution in [0.2, 0.25) is 5.02 Å². The average Bonchev–Trinajstić information content (AvgIpc) is 2.66. The molecule has 0 unspecified atom stereocenters. The molecule has 1 aliphatic carbocycles. The Kier molecular flexibility index (Phi) is 8.04. The fraction of sp³-hybridized carbons (Fsp3) is 0.579. The molecule has 26 heavy (non-hydrogen) atoms. The molecule has 0 bridgehead atoms. The third kappa shape index (κ3) is 5.53. The van der Waals surface area contributed by atoms with Crippen LogP contribution in [0, 0.1) is 5.92 Å². The zero-order chi connectivity index (χ0) is 18.9. The molecule has 0 atom stereocenters. The number of hydrazine groups is 1. The predicted octanol–water partition coefficient (Wildman–Crippen LogP) is 3.87. The number of amides is 2. The van der Waals surface area contributed by atoms with E-state index in [9.17, 15) is 9.59 Å². The van der Waals surface area contributed by atoms with Crippen molar-refractivity contribution in [1.29, 1.82) is 0 Å². The van der Waals surface area contributed by atoms with Gasteiger partial charge in [-0.15, -0.1) is 0 Å². The maximum atomic E-state index is 12.4. The monoisotopic (exact) mass is 382 g/mol. The van der Waals surface area contributed by atoms with Gasteiger partial charge in [-0.25, -0.2) is 0 Å². The summed E-state index contributed by atoms with van der Waals surface area (Å²) in [4.78, 5) is 24.5. The third-order valence-electron chi connectivity index (χ3n) is 4.30. The standard InChI is InChI=1S/C19H27ClN2O4/c1-3-10-26-17-15(20)11-14(12-16(17)25-4-2)19(24)22-21-18(23)13-8-6-5-7-9-13/h11-13H,3-10H2,1-2H3,(H,21,23)(H,22,24). The van der Waals surface area contributed by atoms with Gasteiger partial charge in [0.05, 0.1) is 18.2 Å². The molecule has 2 amide bonds. The first kappa shape index (κ1) is 20.4. The zero-order valence-electron chi connectivity index (χ0n) is 15.4. The quantitative estimate of drug-likeness (QED) is 0.702. The molecule has 144 valence electrons. The van der Waals surface area contributed by atoms with Crippen molar-refractivity contribution in [3.05, 3.63) is 22.7 Å². The number of carbonyl (C=O) groups is 2. The zero-order valence-corrected chi connectivity index (χ0v) is 16.2. The summed E-state index contributed by atoms with van der Waals surface area (Å²) in [5, 5.41) is 0.299. The van der Waals surface area contributed by atoms with Crippen molar-refractivity contribution >= 4 is 23.4 Å². The van der Waals surface area contributed by atoms with Crippen LogP contribution in [0.15, 0.2) is 12.1 Å². The van der Waals surface area contributed by atoms with E-state index in [-0.39, 0.29) is 11.8 Å².